The minimum atomic E-state index is 0.600. The minimum Gasteiger partial charge on any atom is -0.456 e. The molecule has 0 atom stereocenters. The van der Waals surface area contributed by atoms with Crippen molar-refractivity contribution in [1.82, 2.24) is 15.0 Å². The molecule has 4 nitrogen and oxygen atoms in total. The van der Waals surface area contributed by atoms with Crippen LogP contribution in [0.2, 0.25) is 0 Å². The normalized spacial score (nSPS) is 11.5. The number of hydrogen-bond acceptors (Lipinski definition) is 4. The molecule has 0 radical (unpaired) electrons. The van der Waals surface area contributed by atoms with Crippen molar-refractivity contribution in [2.24, 2.45) is 0 Å². The second-order valence-corrected chi connectivity index (χ2v) is 12.8. The van der Waals surface area contributed by atoms with Crippen LogP contribution >= 0.6 is 0 Å². The summed E-state index contributed by atoms with van der Waals surface area (Å²) in [6, 6.07) is 61.1. The van der Waals surface area contributed by atoms with Crippen molar-refractivity contribution < 1.29 is 4.42 Å². The molecule has 4 heteroatoms. The largest absolute Gasteiger partial charge is 0.456 e. The summed E-state index contributed by atoms with van der Waals surface area (Å²) in [6.45, 7) is 0. The molecule has 0 saturated carbocycles. The minimum absolute atomic E-state index is 0.600. The zero-order chi connectivity index (χ0) is 33.7. The maximum atomic E-state index is 6.58. The van der Waals surface area contributed by atoms with Crippen LogP contribution < -0.4 is 0 Å². The predicted molar refractivity (Wildman–Crippen MR) is 209 cm³/mol. The maximum absolute atomic E-state index is 6.58. The molecule has 0 fully saturated rings. The van der Waals surface area contributed by atoms with Crippen LogP contribution in [0.3, 0.4) is 0 Å². The second kappa shape index (κ2) is 11.9. The average Bonchev–Trinajstić information content (AvgIpc) is 3.59. The molecule has 51 heavy (non-hydrogen) atoms. The summed E-state index contributed by atoms with van der Waals surface area (Å²) in [6.07, 6.45) is 0. The highest BCUT2D eigenvalue weighted by molar-refractivity contribution is 6.12. The highest BCUT2D eigenvalue weighted by atomic mass is 16.3. The molecule has 0 N–H and O–H groups in total. The second-order valence-electron chi connectivity index (χ2n) is 12.8. The van der Waals surface area contributed by atoms with Crippen molar-refractivity contribution in [3.05, 3.63) is 176 Å². The molecule has 10 aromatic rings. The lowest BCUT2D eigenvalue weighted by Gasteiger charge is -2.11. The summed E-state index contributed by atoms with van der Waals surface area (Å²) in [5.41, 5.74) is 8.99. The van der Waals surface area contributed by atoms with E-state index in [1.165, 1.54) is 21.9 Å². The molecule has 0 bridgehead atoms. The number of fused-ring (bicyclic) bond motifs is 5. The third-order valence-electron chi connectivity index (χ3n) is 9.71. The van der Waals surface area contributed by atoms with Gasteiger partial charge in [0.2, 0.25) is 0 Å². The van der Waals surface area contributed by atoms with Gasteiger partial charge in [-0.25, -0.2) is 15.0 Å². The Labute approximate surface area is 294 Å². The van der Waals surface area contributed by atoms with Gasteiger partial charge in [-0.3, -0.25) is 0 Å². The van der Waals surface area contributed by atoms with Crippen molar-refractivity contribution in [3.8, 4) is 56.4 Å². The van der Waals surface area contributed by atoms with Crippen LogP contribution in [0.4, 0.5) is 0 Å². The van der Waals surface area contributed by atoms with Gasteiger partial charge in [-0.15, -0.1) is 0 Å². The van der Waals surface area contributed by atoms with Crippen molar-refractivity contribution >= 4 is 43.5 Å². The van der Waals surface area contributed by atoms with Gasteiger partial charge in [-0.2, -0.15) is 0 Å². The topological polar surface area (TPSA) is 51.8 Å². The first-order chi connectivity index (χ1) is 25.2. The van der Waals surface area contributed by atoms with Gasteiger partial charge in [0.25, 0.3) is 0 Å². The molecular weight excluding hydrogens is 623 g/mol. The summed E-state index contributed by atoms with van der Waals surface area (Å²) >= 11 is 0. The Hall–Kier alpha value is -6.91. The highest BCUT2D eigenvalue weighted by Crippen LogP contribution is 2.40. The van der Waals surface area contributed by atoms with Crippen LogP contribution in [0.1, 0.15) is 0 Å². The molecule has 0 unspecified atom stereocenters. The van der Waals surface area contributed by atoms with E-state index >= 15 is 0 Å². The number of hydrogen-bond donors (Lipinski definition) is 0. The predicted octanol–water partition coefficient (Wildman–Crippen LogP) is 12.4. The van der Waals surface area contributed by atoms with E-state index in [0.717, 1.165) is 60.5 Å². The van der Waals surface area contributed by atoms with Crippen LogP contribution in [0, 0.1) is 0 Å². The first kappa shape index (κ1) is 29.0. The maximum Gasteiger partial charge on any atom is 0.164 e. The Morgan fingerprint density at radius 3 is 1.51 bits per heavy atom. The summed E-state index contributed by atoms with van der Waals surface area (Å²) < 4.78 is 6.58. The zero-order valence-electron chi connectivity index (χ0n) is 27.5. The van der Waals surface area contributed by atoms with Gasteiger partial charge in [-0.05, 0) is 74.1 Å². The Morgan fingerprint density at radius 2 is 0.843 bits per heavy atom. The van der Waals surface area contributed by atoms with Crippen molar-refractivity contribution in [3.63, 3.8) is 0 Å². The number of furan rings is 1. The summed E-state index contributed by atoms with van der Waals surface area (Å²) in [4.78, 5) is 15.4. The Kier molecular flexibility index (Phi) is 6.78. The summed E-state index contributed by atoms with van der Waals surface area (Å²) in [5.74, 6) is 1.85. The first-order valence-electron chi connectivity index (χ1n) is 17.1. The van der Waals surface area contributed by atoms with E-state index < -0.39 is 0 Å². The third kappa shape index (κ3) is 5.13. The van der Waals surface area contributed by atoms with Crippen LogP contribution in [-0.4, -0.2) is 15.0 Å². The molecule has 0 spiro atoms. The molecule has 0 amide bonds. The van der Waals surface area contributed by atoms with Crippen molar-refractivity contribution in [2.45, 2.75) is 0 Å². The van der Waals surface area contributed by atoms with Crippen molar-refractivity contribution in [2.75, 3.05) is 0 Å². The highest BCUT2D eigenvalue weighted by Gasteiger charge is 2.19. The Morgan fingerprint density at radius 1 is 0.314 bits per heavy atom. The monoisotopic (exact) mass is 651 g/mol. The van der Waals surface area contributed by atoms with Gasteiger partial charge in [0.15, 0.2) is 17.5 Å². The number of aromatic nitrogens is 3. The molecule has 0 aliphatic heterocycles. The molecule has 0 saturated heterocycles. The number of benzene rings is 8. The molecule has 238 valence electrons. The molecule has 10 rings (SSSR count). The SMILES string of the molecule is c1ccc(-c2ccccc2-c2ccc3c(c2)oc2cccc(-c4nc(-c5ccc6ccccc6c5)nc(-c5ccc6ccccc6c5)n4)c23)cc1. The summed E-state index contributed by atoms with van der Waals surface area (Å²) in [5, 5.41) is 6.61. The van der Waals surface area contributed by atoms with Crippen LogP contribution in [0.5, 0.6) is 0 Å². The standard InChI is InChI=1S/C47H29N3O/c1-2-13-32(14-3-1)38-17-8-9-18-39(38)35-25-26-40-43(29-35)51-42-20-10-19-41(44(40)42)47-49-45(36-23-21-30-11-4-6-15-33(30)27-36)48-46(50-47)37-24-22-31-12-5-7-16-34(31)28-37/h1-29H. The molecule has 0 aliphatic carbocycles. The van der Waals surface area contributed by atoms with Gasteiger partial charge in [0.1, 0.15) is 11.2 Å². The molecular formula is C47H29N3O. The molecule has 0 aliphatic rings. The third-order valence-corrected chi connectivity index (χ3v) is 9.71. The fourth-order valence-corrected chi connectivity index (χ4v) is 7.20. The van der Waals surface area contributed by atoms with E-state index in [1.807, 2.05) is 18.2 Å². The van der Waals surface area contributed by atoms with Crippen LogP contribution in [0.15, 0.2) is 180 Å². The van der Waals surface area contributed by atoms with Gasteiger partial charge < -0.3 is 4.42 Å². The van der Waals surface area contributed by atoms with Gasteiger partial charge in [0.05, 0.1) is 0 Å². The lowest BCUT2D eigenvalue weighted by molar-refractivity contribution is 0.669. The van der Waals surface area contributed by atoms with E-state index in [0.29, 0.717) is 17.5 Å². The van der Waals surface area contributed by atoms with E-state index in [-0.39, 0.29) is 0 Å². The zero-order valence-corrected chi connectivity index (χ0v) is 27.5. The number of rotatable bonds is 5. The van der Waals surface area contributed by atoms with Gasteiger partial charge >= 0.3 is 0 Å². The van der Waals surface area contributed by atoms with E-state index in [1.54, 1.807) is 0 Å². The molecule has 8 aromatic carbocycles. The molecule has 2 heterocycles. The van der Waals surface area contributed by atoms with E-state index in [2.05, 4.69) is 158 Å². The van der Waals surface area contributed by atoms with Crippen LogP contribution in [-0.2, 0) is 0 Å². The van der Waals surface area contributed by atoms with Gasteiger partial charge in [-0.1, -0.05) is 146 Å². The quantitative estimate of drug-likeness (QED) is 0.186. The van der Waals surface area contributed by atoms with Gasteiger partial charge in [0, 0.05) is 27.5 Å². The Balaban J connectivity index is 1.16. The smallest absolute Gasteiger partial charge is 0.164 e. The average molecular weight is 652 g/mol. The van der Waals surface area contributed by atoms with Crippen molar-refractivity contribution in [1.29, 1.82) is 0 Å². The summed E-state index contributed by atoms with van der Waals surface area (Å²) in [7, 11) is 0. The fourth-order valence-electron chi connectivity index (χ4n) is 7.20. The number of nitrogens with zero attached hydrogens (tertiary/aromatic N) is 3. The lowest BCUT2D eigenvalue weighted by Crippen LogP contribution is -2.00. The molecule has 2 aromatic heterocycles. The van der Waals surface area contributed by atoms with Crippen LogP contribution in [0.25, 0.3) is 99.9 Å². The Bertz CT molecular complexity index is 2830. The lowest BCUT2D eigenvalue weighted by atomic mass is 9.94. The first-order valence-corrected chi connectivity index (χ1v) is 17.1. The fraction of sp³-hybridized carbons (Fsp3) is 0. The van der Waals surface area contributed by atoms with E-state index in [9.17, 15) is 0 Å². The van der Waals surface area contributed by atoms with E-state index in [4.69, 9.17) is 19.4 Å².